The van der Waals surface area contributed by atoms with Crippen molar-refractivity contribution in [1.82, 2.24) is 0 Å². The van der Waals surface area contributed by atoms with E-state index in [9.17, 15) is 9.59 Å². The first-order valence-electron chi connectivity index (χ1n) is 5.52. The van der Waals surface area contributed by atoms with Crippen molar-refractivity contribution in [1.29, 1.82) is 0 Å². The Morgan fingerprint density at radius 3 is 2.89 bits per heavy atom. The molecule has 0 N–H and O–H groups in total. The smallest absolute Gasteiger partial charge is 0.344 e. The second kappa shape index (κ2) is 5.35. The van der Waals surface area contributed by atoms with Crippen LogP contribution in [0, 0.1) is 0 Å². The van der Waals surface area contributed by atoms with Gasteiger partial charge in [-0.2, -0.15) is 0 Å². The Hall–Kier alpha value is -2.30. The van der Waals surface area contributed by atoms with E-state index in [1.165, 1.54) is 6.07 Å². The molecule has 0 saturated carbocycles. The number of esters is 1. The Kier molecular flexibility index (Phi) is 3.62. The van der Waals surface area contributed by atoms with Crippen molar-refractivity contribution in [3.05, 3.63) is 40.8 Å². The van der Waals surface area contributed by atoms with Gasteiger partial charge in [0.05, 0.1) is 18.1 Å². The fourth-order valence-corrected chi connectivity index (χ4v) is 1.54. The van der Waals surface area contributed by atoms with Gasteiger partial charge in [0.2, 0.25) is 0 Å². The van der Waals surface area contributed by atoms with Crippen molar-refractivity contribution in [2.24, 2.45) is 0 Å². The molecule has 5 nitrogen and oxygen atoms in total. The van der Waals surface area contributed by atoms with E-state index in [0.717, 1.165) is 0 Å². The summed E-state index contributed by atoms with van der Waals surface area (Å²) < 4.78 is 15.0. The molecule has 0 aliphatic heterocycles. The van der Waals surface area contributed by atoms with Crippen LogP contribution in [0.3, 0.4) is 0 Å². The number of rotatable bonds is 4. The van der Waals surface area contributed by atoms with Crippen molar-refractivity contribution in [3.8, 4) is 5.75 Å². The summed E-state index contributed by atoms with van der Waals surface area (Å²) in [5.74, 6) is -0.162. The van der Waals surface area contributed by atoms with Gasteiger partial charge < -0.3 is 13.9 Å². The van der Waals surface area contributed by atoms with Gasteiger partial charge >= 0.3 is 11.6 Å². The van der Waals surface area contributed by atoms with Crippen LogP contribution in [-0.2, 0) is 9.53 Å². The van der Waals surface area contributed by atoms with Crippen molar-refractivity contribution >= 4 is 16.9 Å². The van der Waals surface area contributed by atoms with Crippen LogP contribution in [0.4, 0.5) is 0 Å². The molecule has 0 amide bonds. The zero-order valence-corrected chi connectivity index (χ0v) is 9.84. The zero-order chi connectivity index (χ0) is 13.0. The van der Waals surface area contributed by atoms with Gasteiger partial charge in [-0.3, -0.25) is 0 Å². The van der Waals surface area contributed by atoms with Crippen LogP contribution < -0.4 is 10.4 Å². The van der Waals surface area contributed by atoms with Crippen LogP contribution in [0.5, 0.6) is 5.75 Å². The molecule has 94 valence electrons. The van der Waals surface area contributed by atoms with Crippen LogP contribution in [0.15, 0.2) is 39.5 Å². The molecule has 18 heavy (non-hydrogen) atoms. The van der Waals surface area contributed by atoms with Gasteiger partial charge in [0.1, 0.15) is 11.3 Å². The Bertz CT molecular complexity index is 614. The molecule has 0 bridgehead atoms. The number of fused-ring (bicyclic) bond motifs is 1. The normalized spacial score (nSPS) is 10.3. The molecule has 0 aliphatic rings. The summed E-state index contributed by atoms with van der Waals surface area (Å²) in [5.41, 5.74) is -0.101. The lowest BCUT2D eigenvalue weighted by Gasteiger charge is -2.07. The first-order chi connectivity index (χ1) is 8.70. The maximum absolute atomic E-state index is 11.3. The lowest BCUT2D eigenvalue weighted by Crippen LogP contribution is -2.15. The summed E-state index contributed by atoms with van der Waals surface area (Å²) >= 11 is 0. The van der Waals surface area contributed by atoms with Crippen molar-refractivity contribution in [3.63, 3.8) is 0 Å². The molecule has 1 aromatic heterocycles. The predicted molar refractivity (Wildman–Crippen MR) is 64.6 cm³/mol. The standard InChI is InChI=1S/C13H12O5/c1-2-16-13(15)8-17-11-7-12(14)18-10-6-4-3-5-9(10)11/h3-7H,2,8H2,1H3. The number of hydrogen-bond donors (Lipinski definition) is 0. The monoisotopic (exact) mass is 248 g/mol. The summed E-state index contributed by atoms with van der Waals surface area (Å²) in [7, 11) is 0. The summed E-state index contributed by atoms with van der Waals surface area (Å²) in [6.45, 7) is 1.77. The summed E-state index contributed by atoms with van der Waals surface area (Å²) in [6.07, 6.45) is 0. The van der Waals surface area contributed by atoms with E-state index in [-0.39, 0.29) is 6.61 Å². The second-order valence-electron chi connectivity index (χ2n) is 3.52. The van der Waals surface area contributed by atoms with Gasteiger partial charge in [-0.1, -0.05) is 12.1 Å². The van der Waals surface area contributed by atoms with Gasteiger partial charge in [-0.05, 0) is 19.1 Å². The highest BCUT2D eigenvalue weighted by Gasteiger charge is 2.08. The summed E-state index contributed by atoms with van der Waals surface area (Å²) in [4.78, 5) is 22.5. The summed E-state index contributed by atoms with van der Waals surface area (Å²) in [5, 5.41) is 0.640. The highest BCUT2D eigenvalue weighted by molar-refractivity contribution is 5.83. The maximum atomic E-state index is 11.3. The van der Waals surface area contributed by atoms with Crippen molar-refractivity contribution in [2.75, 3.05) is 13.2 Å². The lowest BCUT2D eigenvalue weighted by atomic mass is 10.2. The minimum Gasteiger partial charge on any atom is -0.481 e. The fraction of sp³-hybridized carbons (Fsp3) is 0.231. The quantitative estimate of drug-likeness (QED) is 0.609. The van der Waals surface area contributed by atoms with Crippen LogP contribution >= 0.6 is 0 Å². The lowest BCUT2D eigenvalue weighted by molar-refractivity contribution is -0.145. The number of para-hydroxylation sites is 1. The molecule has 0 spiro atoms. The first-order valence-corrected chi connectivity index (χ1v) is 5.52. The van der Waals surface area contributed by atoms with Crippen LogP contribution in [0.25, 0.3) is 11.0 Å². The SMILES string of the molecule is CCOC(=O)COc1cc(=O)oc2ccccc12. The average molecular weight is 248 g/mol. The molecule has 1 aromatic carbocycles. The number of carbonyl (C=O) groups excluding carboxylic acids is 1. The van der Waals surface area contributed by atoms with E-state index in [0.29, 0.717) is 23.3 Å². The minimum atomic E-state index is -0.521. The van der Waals surface area contributed by atoms with E-state index in [1.807, 2.05) is 0 Å². The Morgan fingerprint density at radius 1 is 1.33 bits per heavy atom. The van der Waals surface area contributed by atoms with Gasteiger partial charge in [-0.15, -0.1) is 0 Å². The molecule has 2 rings (SSSR count). The van der Waals surface area contributed by atoms with E-state index in [2.05, 4.69) is 0 Å². The third-order valence-corrected chi connectivity index (χ3v) is 2.26. The largest absolute Gasteiger partial charge is 0.481 e. The molecular weight excluding hydrogens is 236 g/mol. The van der Waals surface area contributed by atoms with Gasteiger partial charge in [-0.25, -0.2) is 9.59 Å². The second-order valence-corrected chi connectivity index (χ2v) is 3.52. The van der Waals surface area contributed by atoms with Crippen molar-refractivity contribution in [2.45, 2.75) is 6.92 Å². The van der Waals surface area contributed by atoms with E-state index in [4.69, 9.17) is 13.9 Å². The third-order valence-electron chi connectivity index (χ3n) is 2.26. The van der Waals surface area contributed by atoms with E-state index >= 15 is 0 Å². The fourth-order valence-electron chi connectivity index (χ4n) is 1.54. The molecule has 1 heterocycles. The van der Waals surface area contributed by atoms with Crippen LogP contribution in [0.2, 0.25) is 0 Å². The Morgan fingerprint density at radius 2 is 2.11 bits per heavy atom. The maximum Gasteiger partial charge on any atom is 0.344 e. The molecule has 2 aromatic rings. The van der Waals surface area contributed by atoms with Gasteiger partial charge in [0, 0.05) is 0 Å². The third kappa shape index (κ3) is 2.68. The molecule has 0 aliphatic carbocycles. The van der Waals surface area contributed by atoms with Crippen molar-refractivity contribution < 1.29 is 18.7 Å². The Balaban J connectivity index is 2.27. The molecule has 0 fully saturated rings. The number of hydrogen-bond acceptors (Lipinski definition) is 5. The molecule has 0 unspecified atom stereocenters. The highest BCUT2D eigenvalue weighted by atomic mass is 16.6. The molecular formula is C13H12O5. The molecule has 5 heteroatoms. The molecule has 0 saturated heterocycles. The van der Waals surface area contributed by atoms with E-state index in [1.54, 1.807) is 31.2 Å². The van der Waals surface area contributed by atoms with Crippen LogP contribution in [-0.4, -0.2) is 19.2 Å². The van der Waals surface area contributed by atoms with Gasteiger partial charge in [0.15, 0.2) is 6.61 Å². The highest BCUT2D eigenvalue weighted by Crippen LogP contribution is 2.22. The minimum absolute atomic E-state index is 0.235. The molecule has 0 atom stereocenters. The van der Waals surface area contributed by atoms with E-state index < -0.39 is 11.6 Å². The van der Waals surface area contributed by atoms with Crippen LogP contribution in [0.1, 0.15) is 6.92 Å². The number of benzene rings is 1. The first kappa shape index (κ1) is 12.2. The topological polar surface area (TPSA) is 65.7 Å². The summed E-state index contributed by atoms with van der Waals surface area (Å²) in [6, 6.07) is 8.16. The zero-order valence-electron chi connectivity index (χ0n) is 9.84. The number of carbonyl (C=O) groups is 1. The molecule has 0 radical (unpaired) electrons. The average Bonchev–Trinajstić information content (AvgIpc) is 2.36. The van der Waals surface area contributed by atoms with Gasteiger partial charge in [0.25, 0.3) is 0 Å². The number of ether oxygens (including phenoxy) is 2. The Labute approximate surface area is 103 Å². The predicted octanol–water partition coefficient (Wildman–Crippen LogP) is 1.73.